The van der Waals surface area contributed by atoms with Gasteiger partial charge in [0.2, 0.25) is 0 Å². The van der Waals surface area contributed by atoms with Crippen LogP contribution in [0, 0.1) is 26.9 Å². The van der Waals surface area contributed by atoms with Crippen LogP contribution in [0.15, 0.2) is 16.9 Å². The summed E-state index contributed by atoms with van der Waals surface area (Å²) in [6.07, 6.45) is 2.84. The Hall–Kier alpha value is -1.17. The van der Waals surface area contributed by atoms with Crippen LogP contribution in [0.4, 0.5) is 11.4 Å². The largest absolute Gasteiger partial charge is 0.378 e. The third-order valence-electron chi connectivity index (χ3n) is 4.88. The van der Waals surface area contributed by atoms with Gasteiger partial charge in [-0.2, -0.15) is 0 Å². The average molecular weight is 328 g/mol. The zero-order valence-electron chi connectivity index (χ0n) is 11.5. The van der Waals surface area contributed by atoms with Crippen molar-refractivity contribution in [3.05, 3.63) is 27.0 Å². The number of anilines is 1. The normalized spacial score (nSPS) is 20.1. The maximum atomic E-state index is 11.0. The molecule has 0 saturated heterocycles. The number of nitrogens with zero attached hydrogens (tertiary/aromatic N) is 2. The number of aromatic nitrogens is 1. The number of pyridine rings is 1. The molecule has 0 amide bonds. The van der Waals surface area contributed by atoms with E-state index < -0.39 is 4.92 Å². The van der Waals surface area contributed by atoms with Crippen LogP contribution in [0.25, 0.3) is 0 Å². The van der Waals surface area contributed by atoms with Gasteiger partial charge in [0.15, 0.2) is 0 Å². The van der Waals surface area contributed by atoms with Crippen molar-refractivity contribution in [1.29, 1.82) is 0 Å². The number of halogens is 1. The highest BCUT2D eigenvalue weighted by atomic mass is 79.9. The molecule has 1 heterocycles. The second kappa shape index (κ2) is 4.44. The van der Waals surface area contributed by atoms with Crippen molar-refractivity contribution in [2.24, 2.45) is 16.7 Å². The fourth-order valence-corrected chi connectivity index (χ4v) is 3.25. The molecule has 1 aliphatic carbocycles. The number of rotatable bonds is 4. The Balaban J connectivity index is 2.16. The zero-order chi connectivity index (χ0) is 14.4. The molecule has 0 bridgehead atoms. The van der Waals surface area contributed by atoms with E-state index in [1.54, 1.807) is 6.20 Å². The van der Waals surface area contributed by atoms with E-state index in [0.29, 0.717) is 16.1 Å². The molecule has 19 heavy (non-hydrogen) atoms. The Morgan fingerprint density at radius 1 is 1.37 bits per heavy atom. The molecule has 104 valence electrons. The lowest BCUT2D eigenvalue weighted by atomic mass is 10.0. The van der Waals surface area contributed by atoms with Gasteiger partial charge < -0.3 is 5.32 Å². The topological polar surface area (TPSA) is 68.1 Å². The molecule has 1 saturated carbocycles. The van der Waals surface area contributed by atoms with Crippen LogP contribution < -0.4 is 5.32 Å². The average Bonchev–Trinajstić information content (AvgIpc) is 2.68. The van der Waals surface area contributed by atoms with Gasteiger partial charge in [-0.3, -0.25) is 15.1 Å². The summed E-state index contributed by atoms with van der Waals surface area (Å²) in [5.74, 6) is 0.500. The minimum atomic E-state index is -0.413. The van der Waals surface area contributed by atoms with Crippen LogP contribution >= 0.6 is 15.9 Å². The molecule has 1 aliphatic rings. The number of nitrogens with one attached hydrogen (secondary N) is 1. The van der Waals surface area contributed by atoms with Gasteiger partial charge in [0.1, 0.15) is 11.9 Å². The van der Waals surface area contributed by atoms with Gasteiger partial charge in [-0.25, -0.2) is 0 Å². The van der Waals surface area contributed by atoms with E-state index in [0.717, 1.165) is 6.54 Å². The first-order chi connectivity index (χ1) is 8.69. The summed E-state index contributed by atoms with van der Waals surface area (Å²) < 4.78 is 0.623. The van der Waals surface area contributed by atoms with Gasteiger partial charge in [0, 0.05) is 12.7 Å². The second-order valence-corrected chi connectivity index (χ2v) is 7.00. The Labute approximate surface area is 121 Å². The Kier molecular flexibility index (Phi) is 3.33. The van der Waals surface area contributed by atoms with E-state index >= 15 is 0 Å². The highest BCUT2D eigenvalue weighted by Crippen LogP contribution is 2.68. The Morgan fingerprint density at radius 3 is 2.42 bits per heavy atom. The molecule has 1 aromatic rings. The van der Waals surface area contributed by atoms with Gasteiger partial charge in [0.05, 0.1) is 9.40 Å². The van der Waals surface area contributed by atoms with Crippen molar-refractivity contribution in [3.63, 3.8) is 0 Å². The summed E-state index contributed by atoms with van der Waals surface area (Å²) >= 11 is 3.31. The van der Waals surface area contributed by atoms with E-state index in [9.17, 15) is 10.1 Å². The SMILES string of the molecule is CC1(C)C(CNc2c(Br)cncc2[N+](=O)[O-])C1(C)C. The Bertz CT molecular complexity index is 515. The summed E-state index contributed by atoms with van der Waals surface area (Å²) in [5.41, 5.74) is 1.03. The third-order valence-corrected chi connectivity index (χ3v) is 5.48. The highest BCUT2D eigenvalue weighted by molar-refractivity contribution is 9.10. The first-order valence-electron chi connectivity index (χ1n) is 6.21. The first kappa shape index (κ1) is 14.2. The summed E-state index contributed by atoms with van der Waals surface area (Å²) in [6.45, 7) is 9.65. The van der Waals surface area contributed by atoms with Crippen molar-refractivity contribution < 1.29 is 4.92 Å². The third kappa shape index (κ3) is 2.22. The maximum absolute atomic E-state index is 11.0. The highest BCUT2D eigenvalue weighted by Gasteiger charge is 2.64. The molecule has 1 aromatic heterocycles. The van der Waals surface area contributed by atoms with Crippen LogP contribution in [-0.4, -0.2) is 16.5 Å². The van der Waals surface area contributed by atoms with E-state index in [-0.39, 0.29) is 16.5 Å². The molecular weight excluding hydrogens is 310 g/mol. The minimum absolute atomic E-state index is 0.00522. The summed E-state index contributed by atoms with van der Waals surface area (Å²) in [7, 11) is 0. The molecule has 0 aromatic carbocycles. The van der Waals surface area contributed by atoms with E-state index in [2.05, 4.69) is 53.9 Å². The van der Waals surface area contributed by atoms with Crippen LogP contribution in [0.5, 0.6) is 0 Å². The molecule has 1 fully saturated rings. The summed E-state index contributed by atoms with van der Waals surface area (Å²) in [6, 6.07) is 0. The molecule has 0 atom stereocenters. The van der Waals surface area contributed by atoms with Crippen LogP contribution in [-0.2, 0) is 0 Å². The van der Waals surface area contributed by atoms with Crippen molar-refractivity contribution >= 4 is 27.3 Å². The number of hydrogen-bond donors (Lipinski definition) is 1. The van der Waals surface area contributed by atoms with Gasteiger partial charge >= 0.3 is 5.69 Å². The van der Waals surface area contributed by atoms with Crippen molar-refractivity contribution in [3.8, 4) is 0 Å². The fourth-order valence-electron chi connectivity index (χ4n) is 2.79. The van der Waals surface area contributed by atoms with Crippen LogP contribution in [0.3, 0.4) is 0 Å². The monoisotopic (exact) mass is 327 g/mol. The molecule has 0 radical (unpaired) electrons. The van der Waals surface area contributed by atoms with Gasteiger partial charge in [-0.1, -0.05) is 27.7 Å². The smallest absolute Gasteiger partial charge is 0.311 e. The zero-order valence-corrected chi connectivity index (χ0v) is 13.1. The van der Waals surface area contributed by atoms with Crippen LogP contribution in [0.2, 0.25) is 0 Å². The van der Waals surface area contributed by atoms with Crippen molar-refractivity contribution in [1.82, 2.24) is 4.98 Å². The van der Waals surface area contributed by atoms with Gasteiger partial charge in [0.25, 0.3) is 0 Å². The molecular formula is C13H18BrN3O2. The Morgan fingerprint density at radius 2 is 1.95 bits per heavy atom. The summed E-state index contributed by atoms with van der Waals surface area (Å²) in [5, 5.41) is 14.2. The molecule has 6 heteroatoms. The second-order valence-electron chi connectivity index (χ2n) is 6.15. The van der Waals surface area contributed by atoms with Crippen molar-refractivity contribution in [2.45, 2.75) is 27.7 Å². The minimum Gasteiger partial charge on any atom is -0.378 e. The molecule has 1 N–H and O–H groups in total. The van der Waals surface area contributed by atoms with Gasteiger partial charge in [-0.05, 0) is 32.7 Å². The van der Waals surface area contributed by atoms with E-state index in [1.807, 2.05) is 0 Å². The number of hydrogen-bond acceptors (Lipinski definition) is 4. The quantitative estimate of drug-likeness (QED) is 0.673. The maximum Gasteiger partial charge on any atom is 0.311 e. The predicted molar refractivity (Wildman–Crippen MR) is 78.1 cm³/mol. The van der Waals surface area contributed by atoms with E-state index in [4.69, 9.17) is 0 Å². The molecule has 5 nitrogen and oxygen atoms in total. The molecule has 0 spiro atoms. The predicted octanol–water partition coefficient (Wildman–Crippen LogP) is 3.85. The standard InChI is InChI=1S/C13H18BrN3O2/c1-12(2)10(13(12,3)4)7-16-11-8(14)5-15-6-9(11)17(18)19/h5-6,10H,7H2,1-4H3,(H,15,16). The molecule has 0 aliphatic heterocycles. The van der Waals surface area contributed by atoms with Gasteiger partial charge in [-0.15, -0.1) is 0 Å². The lowest BCUT2D eigenvalue weighted by molar-refractivity contribution is -0.384. The van der Waals surface area contributed by atoms with Crippen LogP contribution in [0.1, 0.15) is 27.7 Å². The number of nitro groups is 1. The summed E-state index contributed by atoms with van der Waals surface area (Å²) in [4.78, 5) is 14.4. The first-order valence-corrected chi connectivity index (χ1v) is 7.00. The molecule has 2 rings (SSSR count). The lowest BCUT2D eigenvalue weighted by Crippen LogP contribution is -2.10. The van der Waals surface area contributed by atoms with Crippen molar-refractivity contribution in [2.75, 3.05) is 11.9 Å². The van der Waals surface area contributed by atoms with E-state index in [1.165, 1.54) is 6.20 Å². The molecule has 0 unspecified atom stereocenters. The lowest BCUT2D eigenvalue weighted by Gasteiger charge is -2.09. The fraction of sp³-hybridized carbons (Fsp3) is 0.615.